The van der Waals surface area contributed by atoms with Crippen LogP contribution >= 0.6 is 11.6 Å². The molecule has 0 fully saturated rings. The van der Waals surface area contributed by atoms with Gasteiger partial charge in [0.05, 0.1) is 19.2 Å². The molecule has 1 aromatic carbocycles. The number of hydrogen-bond acceptors (Lipinski definition) is 3. The second kappa shape index (κ2) is 7.55. The van der Waals surface area contributed by atoms with Gasteiger partial charge in [0.25, 0.3) is 0 Å². The maximum atomic E-state index is 6.36. The fourth-order valence-electron chi connectivity index (χ4n) is 2.52. The summed E-state index contributed by atoms with van der Waals surface area (Å²) in [5.74, 6) is 2.01. The summed E-state index contributed by atoms with van der Waals surface area (Å²) in [7, 11) is 3.22. The molecule has 1 aliphatic rings. The van der Waals surface area contributed by atoms with Crippen LogP contribution in [0.1, 0.15) is 24.8 Å². The van der Waals surface area contributed by atoms with Gasteiger partial charge in [-0.25, -0.2) is 0 Å². The van der Waals surface area contributed by atoms with Crippen LogP contribution in [-0.4, -0.2) is 20.8 Å². The predicted molar refractivity (Wildman–Crippen MR) is 82.7 cm³/mol. The third-order valence-electron chi connectivity index (χ3n) is 3.69. The van der Waals surface area contributed by atoms with Crippen molar-refractivity contribution < 1.29 is 9.47 Å². The van der Waals surface area contributed by atoms with Gasteiger partial charge in [-0.2, -0.15) is 0 Å². The zero-order valence-corrected chi connectivity index (χ0v) is 12.9. The zero-order chi connectivity index (χ0) is 14.4. The summed E-state index contributed by atoms with van der Waals surface area (Å²) in [5, 5.41) is 4.11. The van der Waals surface area contributed by atoms with Gasteiger partial charge in [-0.05, 0) is 43.4 Å². The largest absolute Gasteiger partial charge is 0.493 e. The quantitative estimate of drug-likeness (QED) is 0.810. The average molecular weight is 296 g/mol. The van der Waals surface area contributed by atoms with Crippen molar-refractivity contribution in [3.8, 4) is 11.5 Å². The lowest BCUT2D eigenvalue weighted by molar-refractivity contribution is 0.354. The molecule has 0 spiro atoms. The minimum Gasteiger partial charge on any atom is -0.493 e. The molecule has 0 amide bonds. The van der Waals surface area contributed by atoms with E-state index in [4.69, 9.17) is 21.1 Å². The van der Waals surface area contributed by atoms with Crippen LogP contribution < -0.4 is 14.8 Å². The lowest BCUT2D eigenvalue weighted by atomic mass is 9.94. The molecule has 0 heterocycles. The molecule has 0 saturated heterocycles. The van der Waals surface area contributed by atoms with Crippen molar-refractivity contribution in [2.24, 2.45) is 5.92 Å². The second-order valence-electron chi connectivity index (χ2n) is 5.06. The molecular formula is C16H22ClNO2. The fraction of sp³-hybridized carbons (Fsp3) is 0.500. The molecule has 1 unspecified atom stereocenters. The second-order valence-corrected chi connectivity index (χ2v) is 5.43. The van der Waals surface area contributed by atoms with Gasteiger partial charge in [0, 0.05) is 6.54 Å². The highest BCUT2D eigenvalue weighted by atomic mass is 35.5. The summed E-state index contributed by atoms with van der Waals surface area (Å²) in [6.07, 6.45) is 8.18. The van der Waals surface area contributed by atoms with Crippen LogP contribution in [-0.2, 0) is 6.54 Å². The lowest BCUT2D eigenvalue weighted by Gasteiger charge is -2.19. The standard InChI is InChI=1S/C16H22ClNO2/c1-19-14-9-8-13(15(17)16(14)20-2)11-18-10-12-6-4-3-5-7-12/h3-4,8-9,12,18H,5-7,10-11H2,1-2H3. The number of hydrogen-bond donors (Lipinski definition) is 1. The Hall–Kier alpha value is -1.19. The molecular weight excluding hydrogens is 274 g/mol. The molecule has 2 rings (SSSR count). The third-order valence-corrected chi connectivity index (χ3v) is 4.11. The molecule has 0 aliphatic heterocycles. The van der Waals surface area contributed by atoms with E-state index in [1.165, 1.54) is 19.3 Å². The first-order valence-corrected chi connectivity index (χ1v) is 7.39. The molecule has 0 aromatic heterocycles. The lowest BCUT2D eigenvalue weighted by Crippen LogP contribution is -2.23. The fourth-order valence-corrected chi connectivity index (χ4v) is 2.82. The summed E-state index contributed by atoms with van der Waals surface area (Å²) < 4.78 is 10.5. The maximum Gasteiger partial charge on any atom is 0.179 e. The van der Waals surface area contributed by atoms with Gasteiger partial charge in [-0.15, -0.1) is 0 Å². The van der Waals surface area contributed by atoms with E-state index in [0.717, 1.165) is 24.6 Å². The first-order chi connectivity index (χ1) is 9.76. The molecule has 1 atom stereocenters. The van der Waals surface area contributed by atoms with E-state index in [-0.39, 0.29) is 0 Å². The van der Waals surface area contributed by atoms with Gasteiger partial charge in [0.15, 0.2) is 11.5 Å². The third kappa shape index (κ3) is 3.68. The summed E-state index contributed by atoms with van der Waals surface area (Å²) in [6, 6.07) is 3.88. The minimum absolute atomic E-state index is 0.606. The van der Waals surface area contributed by atoms with Crippen molar-refractivity contribution in [1.82, 2.24) is 5.32 Å². The smallest absolute Gasteiger partial charge is 0.179 e. The number of halogens is 1. The van der Waals surface area contributed by atoms with Crippen molar-refractivity contribution in [3.05, 3.63) is 34.9 Å². The molecule has 0 bridgehead atoms. The first kappa shape index (κ1) is 15.2. The number of methoxy groups -OCH3 is 2. The topological polar surface area (TPSA) is 30.5 Å². The molecule has 110 valence electrons. The Balaban J connectivity index is 1.94. The molecule has 20 heavy (non-hydrogen) atoms. The van der Waals surface area contributed by atoms with E-state index in [0.29, 0.717) is 16.5 Å². The Morgan fingerprint density at radius 3 is 2.75 bits per heavy atom. The van der Waals surface area contributed by atoms with E-state index in [2.05, 4.69) is 17.5 Å². The van der Waals surface area contributed by atoms with E-state index >= 15 is 0 Å². The average Bonchev–Trinajstić information content (AvgIpc) is 2.49. The Kier molecular flexibility index (Phi) is 5.74. The predicted octanol–water partition coefficient (Wildman–Crippen LogP) is 3.80. The van der Waals surface area contributed by atoms with E-state index < -0.39 is 0 Å². The van der Waals surface area contributed by atoms with Gasteiger partial charge in [0.1, 0.15) is 0 Å². The summed E-state index contributed by atoms with van der Waals surface area (Å²) in [6.45, 7) is 1.77. The molecule has 4 heteroatoms. The van der Waals surface area contributed by atoms with Gasteiger partial charge in [-0.1, -0.05) is 29.8 Å². The van der Waals surface area contributed by atoms with E-state index in [1.54, 1.807) is 14.2 Å². The van der Waals surface area contributed by atoms with Crippen molar-refractivity contribution in [2.45, 2.75) is 25.8 Å². The molecule has 1 aromatic rings. The number of nitrogens with one attached hydrogen (secondary N) is 1. The number of rotatable bonds is 6. The molecule has 1 aliphatic carbocycles. The SMILES string of the molecule is COc1ccc(CNCC2CC=CCC2)c(Cl)c1OC. The Morgan fingerprint density at radius 2 is 2.10 bits per heavy atom. The molecule has 1 N–H and O–H groups in total. The van der Waals surface area contributed by atoms with Crippen LogP contribution in [0.4, 0.5) is 0 Å². The van der Waals surface area contributed by atoms with Crippen LogP contribution in [0.3, 0.4) is 0 Å². The highest BCUT2D eigenvalue weighted by Gasteiger charge is 2.14. The highest BCUT2D eigenvalue weighted by molar-refractivity contribution is 6.33. The van der Waals surface area contributed by atoms with Crippen molar-refractivity contribution in [3.63, 3.8) is 0 Å². The van der Waals surface area contributed by atoms with Gasteiger partial charge >= 0.3 is 0 Å². The van der Waals surface area contributed by atoms with Gasteiger partial charge in [-0.3, -0.25) is 0 Å². The minimum atomic E-state index is 0.606. The Bertz CT molecular complexity index is 474. The van der Waals surface area contributed by atoms with Crippen LogP contribution in [0.25, 0.3) is 0 Å². The van der Waals surface area contributed by atoms with Gasteiger partial charge in [0.2, 0.25) is 0 Å². The maximum absolute atomic E-state index is 6.36. The van der Waals surface area contributed by atoms with Crippen LogP contribution in [0.5, 0.6) is 11.5 Å². The van der Waals surface area contributed by atoms with Crippen LogP contribution in [0.15, 0.2) is 24.3 Å². The molecule has 0 radical (unpaired) electrons. The number of benzene rings is 1. The van der Waals surface area contributed by atoms with Crippen molar-refractivity contribution >= 4 is 11.6 Å². The van der Waals surface area contributed by atoms with Crippen molar-refractivity contribution in [2.75, 3.05) is 20.8 Å². The van der Waals surface area contributed by atoms with Gasteiger partial charge < -0.3 is 14.8 Å². The highest BCUT2D eigenvalue weighted by Crippen LogP contribution is 2.37. The molecule has 3 nitrogen and oxygen atoms in total. The normalized spacial score (nSPS) is 18.1. The summed E-state index contributed by atoms with van der Waals surface area (Å²) in [5.41, 5.74) is 1.04. The summed E-state index contributed by atoms with van der Waals surface area (Å²) >= 11 is 6.36. The zero-order valence-electron chi connectivity index (χ0n) is 12.1. The Morgan fingerprint density at radius 1 is 1.25 bits per heavy atom. The molecule has 0 saturated carbocycles. The first-order valence-electron chi connectivity index (χ1n) is 7.01. The number of ether oxygens (including phenoxy) is 2. The summed E-state index contributed by atoms with van der Waals surface area (Å²) in [4.78, 5) is 0. The van der Waals surface area contributed by atoms with E-state index in [1.807, 2.05) is 12.1 Å². The Labute approximate surface area is 125 Å². The van der Waals surface area contributed by atoms with Crippen LogP contribution in [0, 0.1) is 5.92 Å². The van der Waals surface area contributed by atoms with Crippen LogP contribution in [0.2, 0.25) is 5.02 Å². The number of allylic oxidation sites excluding steroid dienone is 2. The van der Waals surface area contributed by atoms with E-state index in [9.17, 15) is 0 Å². The monoisotopic (exact) mass is 295 g/mol. The van der Waals surface area contributed by atoms with Crippen molar-refractivity contribution in [1.29, 1.82) is 0 Å².